The Labute approximate surface area is 114 Å². The minimum Gasteiger partial charge on any atom is -0.476 e. The fourth-order valence-electron chi connectivity index (χ4n) is 1.70. The Morgan fingerprint density at radius 1 is 1.53 bits per heavy atom. The van der Waals surface area contributed by atoms with Gasteiger partial charge in [0.2, 0.25) is 0 Å². The average molecular weight is 282 g/mol. The molecule has 0 unspecified atom stereocenters. The first kappa shape index (κ1) is 13.4. The van der Waals surface area contributed by atoms with Gasteiger partial charge in [-0.05, 0) is 18.2 Å². The summed E-state index contributed by atoms with van der Waals surface area (Å²) >= 11 is 6.01. The van der Waals surface area contributed by atoms with Crippen molar-refractivity contribution in [1.29, 1.82) is 0 Å². The number of nitrogens with zero attached hydrogens (tertiary/aromatic N) is 4. The van der Waals surface area contributed by atoms with E-state index in [1.54, 1.807) is 12.3 Å². The lowest BCUT2D eigenvalue weighted by atomic mass is 10.2. The Bertz CT molecular complexity index is 599. The minimum atomic E-state index is -1.12. The van der Waals surface area contributed by atoms with Gasteiger partial charge in [0.15, 0.2) is 5.69 Å². The van der Waals surface area contributed by atoms with E-state index in [-0.39, 0.29) is 5.69 Å². The number of pyridine rings is 1. The Hall–Kier alpha value is -1.99. The zero-order chi connectivity index (χ0) is 13.8. The van der Waals surface area contributed by atoms with E-state index in [0.29, 0.717) is 30.2 Å². The number of aromatic nitrogens is 4. The number of aromatic carboxylic acids is 1. The number of halogens is 1. The monoisotopic (exact) mass is 281 g/mol. The van der Waals surface area contributed by atoms with Crippen LogP contribution in [0, 0.1) is 0 Å². The number of rotatable bonds is 5. The molecule has 100 valence electrons. The number of carboxylic acids is 1. The van der Waals surface area contributed by atoms with E-state index < -0.39 is 5.97 Å². The highest BCUT2D eigenvalue weighted by Crippen LogP contribution is 2.16. The molecule has 0 aliphatic carbocycles. The van der Waals surface area contributed by atoms with Gasteiger partial charge < -0.3 is 10.8 Å². The normalized spacial score (nSPS) is 10.6. The van der Waals surface area contributed by atoms with Crippen LogP contribution in [0.1, 0.15) is 21.7 Å². The molecular formula is C11H12ClN5O2. The summed E-state index contributed by atoms with van der Waals surface area (Å²) in [5.41, 5.74) is 6.69. The maximum absolute atomic E-state index is 11.0. The summed E-state index contributed by atoms with van der Waals surface area (Å²) in [5.74, 6) is -1.12. The molecule has 19 heavy (non-hydrogen) atoms. The van der Waals surface area contributed by atoms with Crippen LogP contribution < -0.4 is 5.73 Å². The number of hydrogen-bond acceptors (Lipinski definition) is 5. The first-order valence-corrected chi connectivity index (χ1v) is 5.95. The number of nitrogens with two attached hydrogens (primary N) is 1. The predicted molar refractivity (Wildman–Crippen MR) is 68.1 cm³/mol. The second-order valence-electron chi connectivity index (χ2n) is 3.85. The molecular weight excluding hydrogens is 270 g/mol. The summed E-state index contributed by atoms with van der Waals surface area (Å²) in [6, 6.07) is 1.75. The summed E-state index contributed by atoms with van der Waals surface area (Å²) in [5, 5.41) is 17.0. The molecule has 0 aromatic carbocycles. The van der Waals surface area contributed by atoms with E-state index in [2.05, 4.69) is 15.3 Å². The van der Waals surface area contributed by atoms with Gasteiger partial charge in [0.1, 0.15) is 0 Å². The molecule has 0 bridgehead atoms. The van der Waals surface area contributed by atoms with Gasteiger partial charge in [-0.15, -0.1) is 5.10 Å². The van der Waals surface area contributed by atoms with Crippen molar-refractivity contribution >= 4 is 17.6 Å². The fourth-order valence-corrected chi connectivity index (χ4v) is 1.88. The molecule has 0 aliphatic heterocycles. The molecule has 2 heterocycles. The van der Waals surface area contributed by atoms with Crippen LogP contribution in [-0.4, -0.2) is 37.6 Å². The Kier molecular flexibility index (Phi) is 4.08. The number of carbonyl (C=O) groups is 1. The predicted octanol–water partition coefficient (Wildman–Crippen LogP) is 0.574. The maximum atomic E-state index is 11.0. The Morgan fingerprint density at radius 2 is 2.32 bits per heavy atom. The van der Waals surface area contributed by atoms with Crippen LogP contribution >= 0.6 is 11.6 Å². The molecule has 2 aromatic heterocycles. The lowest BCUT2D eigenvalue weighted by Gasteiger charge is -2.07. The van der Waals surface area contributed by atoms with E-state index in [0.717, 1.165) is 5.56 Å². The van der Waals surface area contributed by atoms with Crippen LogP contribution in [0.4, 0.5) is 0 Å². The molecule has 0 fully saturated rings. The summed E-state index contributed by atoms with van der Waals surface area (Å²) < 4.78 is 1.50. The summed E-state index contributed by atoms with van der Waals surface area (Å²) in [7, 11) is 0. The van der Waals surface area contributed by atoms with E-state index in [9.17, 15) is 4.79 Å². The van der Waals surface area contributed by atoms with Crippen LogP contribution in [0.25, 0.3) is 0 Å². The van der Waals surface area contributed by atoms with Crippen molar-refractivity contribution in [2.45, 2.75) is 13.0 Å². The molecule has 0 saturated heterocycles. The topological polar surface area (TPSA) is 107 Å². The maximum Gasteiger partial charge on any atom is 0.358 e. The average Bonchev–Trinajstić information content (AvgIpc) is 2.76. The van der Waals surface area contributed by atoms with E-state index >= 15 is 0 Å². The Morgan fingerprint density at radius 3 is 2.95 bits per heavy atom. The molecule has 3 N–H and O–H groups in total. The van der Waals surface area contributed by atoms with Gasteiger partial charge in [0.25, 0.3) is 0 Å². The molecule has 0 saturated carbocycles. The highest BCUT2D eigenvalue weighted by Gasteiger charge is 2.18. The molecule has 0 amide bonds. The molecule has 0 radical (unpaired) electrons. The van der Waals surface area contributed by atoms with Crippen molar-refractivity contribution in [2.24, 2.45) is 5.73 Å². The van der Waals surface area contributed by atoms with Crippen LogP contribution in [0.5, 0.6) is 0 Å². The second-order valence-corrected chi connectivity index (χ2v) is 4.26. The molecule has 7 nitrogen and oxygen atoms in total. The van der Waals surface area contributed by atoms with Gasteiger partial charge in [0.05, 0.1) is 17.3 Å². The summed E-state index contributed by atoms with van der Waals surface area (Å²) in [6.07, 6.45) is 3.52. The molecule has 2 rings (SSSR count). The van der Waals surface area contributed by atoms with E-state index in [4.69, 9.17) is 22.4 Å². The van der Waals surface area contributed by atoms with Crippen molar-refractivity contribution in [3.8, 4) is 0 Å². The second kappa shape index (κ2) is 5.77. The Balaban J connectivity index is 2.35. The smallest absolute Gasteiger partial charge is 0.358 e. The van der Waals surface area contributed by atoms with Gasteiger partial charge in [0, 0.05) is 18.8 Å². The first-order chi connectivity index (χ1) is 9.13. The molecule has 0 spiro atoms. The first-order valence-electron chi connectivity index (χ1n) is 5.57. The standard InChI is InChI=1S/C11H12ClN5O2/c12-8-5-14-4-2-7(8)6-17-9(1-3-13)10(11(18)19)15-16-17/h2,4-5H,1,3,6,13H2,(H,18,19). The van der Waals surface area contributed by atoms with Crippen LogP contribution in [-0.2, 0) is 13.0 Å². The van der Waals surface area contributed by atoms with Crippen LogP contribution in [0.3, 0.4) is 0 Å². The molecule has 8 heteroatoms. The SMILES string of the molecule is NCCc1c(C(=O)O)nnn1Cc1ccncc1Cl. The minimum absolute atomic E-state index is 0.0735. The number of hydrogen-bond donors (Lipinski definition) is 2. The quantitative estimate of drug-likeness (QED) is 0.830. The third-order valence-corrected chi connectivity index (χ3v) is 2.94. The third-order valence-electron chi connectivity index (χ3n) is 2.60. The largest absolute Gasteiger partial charge is 0.476 e. The van der Waals surface area contributed by atoms with E-state index in [1.807, 2.05) is 0 Å². The van der Waals surface area contributed by atoms with Gasteiger partial charge in [-0.2, -0.15) is 0 Å². The van der Waals surface area contributed by atoms with Crippen LogP contribution in [0.2, 0.25) is 5.02 Å². The van der Waals surface area contributed by atoms with Crippen molar-refractivity contribution in [3.63, 3.8) is 0 Å². The van der Waals surface area contributed by atoms with Crippen molar-refractivity contribution in [1.82, 2.24) is 20.0 Å². The molecule has 0 atom stereocenters. The van der Waals surface area contributed by atoms with E-state index in [1.165, 1.54) is 10.9 Å². The molecule has 2 aromatic rings. The third kappa shape index (κ3) is 2.88. The van der Waals surface area contributed by atoms with Gasteiger partial charge in [-0.25, -0.2) is 9.48 Å². The summed E-state index contributed by atoms with van der Waals surface area (Å²) in [6.45, 7) is 0.648. The van der Waals surface area contributed by atoms with Crippen molar-refractivity contribution in [2.75, 3.05) is 6.54 Å². The lowest BCUT2D eigenvalue weighted by Crippen LogP contribution is -2.14. The zero-order valence-electron chi connectivity index (χ0n) is 9.95. The van der Waals surface area contributed by atoms with Gasteiger partial charge in [-0.3, -0.25) is 4.98 Å². The fraction of sp³-hybridized carbons (Fsp3) is 0.273. The van der Waals surface area contributed by atoms with Crippen molar-refractivity contribution < 1.29 is 9.90 Å². The van der Waals surface area contributed by atoms with Gasteiger partial charge >= 0.3 is 5.97 Å². The molecule has 0 aliphatic rings. The highest BCUT2D eigenvalue weighted by molar-refractivity contribution is 6.31. The lowest BCUT2D eigenvalue weighted by molar-refractivity contribution is 0.0689. The van der Waals surface area contributed by atoms with Crippen molar-refractivity contribution in [3.05, 3.63) is 40.4 Å². The summed E-state index contributed by atoms with van der Waals surface area (Å²) in [4.78, 5) is 14.9. The zero-order valence-corrected chi connectivity index (χ0v) is 10.7. The van der Waals surface area contributed by atoms with Crippen LogP contribution in [0.15, 0.2) is 18.5 Å². The highest BCUT2D eigenvalue weighted by atomic mass is 35.5. The van der Waals surface area contributed by atoms with Gasteiger partial charge in [-0.1, -0.05) is 16.8 Å². The number of carboxylic acid groups (broad SMARTS) is 1.